The molecule has 3 nitrogen and oxygen atoms in total. The molecule has 0 saturated carbocycles. The van der Waals surface area contributed by atoms with Crippen molar-refractivity contribution in [3.8, 4) is 0 Å². The standard InChI is InChI=1S/C14H26N2O/c1-14(2,3)13(17)16-10-6-12(7-11-16)15-8-4-5-9-15/h12H,4-11H2,1-3H3. The highest BCUT2D eigenvalue weighted by molar-refractivity contribution is 5.81. The molecular formula is C14H26N2O. The van der Waals surface area contributed by atoms with Crippen LogP contribution >= 0.6 is 0 Å². The van der Waals surface area contributed by atoms with Gasteiger partial charge < -0.3 is 9.80 Å². The Morgan fingerprint density at radius 2 is 1.53 bits per heavy atom. The third kappa shape index (κ3) is 3.01. The summed E-state index contributed by atoms with van der Waals surface area (Å²) in [6.45, 7) is 10.5. The average molecular weight is 238 g/mol. The number of hydrogen-bond acceptors (Lipinski definition) is 2. The topological polar surface area (TPSA) is 23.6 Å². The van der Waals surface area contributed by atoms with Crippen LogP contribution in [0.5, 0.6) is 0 Å². The Bertz CT molecular complexity index is 268. The van der Waals surface area contributed by atoms with Gasteiger partial charge in [-0.1, -0.05) is 20.8 Å². The van der Waals surface area contributed by atoms with Crippen LogP contribution in [0.15, 0.2) is 0 Å². The van der Waals surface area contributed by atoms with Gasteiger partial charge in [0.2, 0.25) is 5.91 Å². The van der Waals surface area contributed by atoms with Gasteiger partial charge in [-0.05, 0) is 38.8 Å². The third-order valence-corrected chi connectivity index (χ3v) is 4.05. The molecular weight excluding hydrogens is 212 g/mol. The van der Waals surface area contributed by atoms with Crippen LogP contribution in [0.4, 0.5) is 0 Å². The van der Waals surface area contributed by atoms with E-state index in [0.717, 1.165) is 19.1 Å². The molecule has 0 spiro atoms. The Hall–Kier alpha value is -0.570. The summed E-state index contributed by atoms with van der Waals surface area (Å²) in [4.78, 5) is 16.8. The van der Waals surface area contributed by atoms with Crippen molar-refractivity contribution in [2.75, 3.05) is 26.2 Å². The van der Waals surface area contributed by atoms with Crippen LogP contribution < -0.4 is 0 Å². The molecule has 2 aliphatic heterocycles. The van der Waals surface area contributed by atoms with Gasteiger partial charge >= 0.3 is 0 Å². The maximum atomic E-state index is 12.2. The molecule has 0 radical (unpaired) electrons. The van der Waals surface area contributed by atoms with Gasteiger partial charge in [0, 0.05) is 24.5 Å². The number of amides is 1. The van der Waals surface area contributed by atoms with Crippen molar-refractivity contribution < 1.29 is 4.79 Å². The van der Waals surface area contributed by atoms with E-state index in [-0.39, 0.29) is 5.41 Å². The molecule has 0 atom stereocenters. The van der Waals surface area contributed by atoms with Crippen molar-refractivity contribution in [3.63, 3.8) is 0 Å². The maximum absolute atomic E-state index is 12.2. The lowest BCUT2D eigenvalue weighted by Crippen LogP contribution is -2.48. The summed E-state index contributed by atoms with van der Waals surface area (Å²) in [6, 6.07) is 0.738. The van der Waals surface area contributed by atoms with E-state index in [0.29, 0.717) is 5.91 Å². The Balaban J connectivity index is 1.83. The Morgan fingerprint density at radius 1 is 1.00 bits per heavy atom. The zero-order chi connectivity index (χ0) is 12.5. The number of nitrogens with zero attached hydrogens (tertiary/aromatic N) is 2. The fourth-order valence-corrected chi connectivity index (χ4v) is 3.02. The summed E-state index contributed by atoms with van der Waals surface area (Å²) in [6.07, 6.45) is 5.06. The van der Waals surface area contributed by atoms with Gasteiger partial charge in [0.25, 0.3) is 0 Å². The van der Waals surface area contributed by atoms with E-state index < -0.39 is 0 Å². The molecule has 98 valence electrons. The summed E-state index contributed by atoms with van der Waals surface area (Å²) in [5.74, 6) is 0.317. The lowest BCUT2D eigenvalue weighted by atomic mass is 9.93. The van der Waals surface area contributed by atoms with E-state index in [1.807, 2.05) is 20.8 Å². The molecule has 1 amide bonds. The SMILES string of the molecule is CC(C)(C)C(=O)N1CCC(N2CCCC2)CC1. The van der Waals surface area contributed by atoms with E-state index in [4.69, 9.17) is 0 Å². The molecule has 0 N–H and O–H groups in total. The van der Waals surface area contributed by atoms with Gasteiger partial charge in [0.15, 0.2) is 0 Å². The smallest absolute Gasteiger partial charge is 0.227 e. The Morgan fingerprint density at radius 3 is 2.00 bits per heavy atom. The summed E-state index contributed by atoms with van der Waals surface area (Å²) in [5.41, 5.74) is -0.222. The zero-order valence-electron chi connectivity index (χ0n) is 11.5. The molecule has 17 heavy (non-hydrogen) atoms. The van der Waals surface area contributed by atoms with Gasteiger partial charge in [-0.25, -0.2) is 0 Å². The number of likely N-dealkylation sites (tertiary alicyclic amines) is 2. The van der Waals surface area contributed by atoms with Crippen molar-refractivity contribution in [3.05, 3.63) is 0 Å². The highest BCUT2D eigenvalue weighted by Gasteiger charge is 2.32. The number of carbonyl (C=O) groups is 1. The molecule has 0 aromatic heterocycles. The third-order valence-electron chi connectivity index (χ3n) is 4.05. The van der Waals surface area contributed by atoms with E-state index >= 15 is 0 Å². The number of rotatable bonds is 1. The van der Waals surface area contributed by atoms with Crippen molar-refractivity contribution in [1.82, 2.24) is 9.80 Å². The molecule has 0 aliphatic carbocycles. The Labute approximate surface area is 105 Å². The highest BCUT2D eigenvalue weighted by atomic mass is 16.2. The zero-order valence-corrected chi connectivity index (χ0v) is 11.5. The minimum atomic E-state index is -0.222. The van der Waals surface area contributed by atoms with Crippen molar-refractivity contribution in [1.29, 1.82) is 0 Å². The first-order chi connectivity index (χ1) is 7.98. The fraction of sp³-hybridized carbons (Fsp3) is 0.929. The molecule has 2 fully saturated rings. The summed E-state index contributed by atoms with van der Waals surface area (Å²) in [5, 5.41) is 0. The number of hydrogen-bond donors (Lipinski definition) is 0. The van der Waals surface area contributed by atoms with Crippen LogP contribution in [0.3, 0.4) is 0 Å². The quantitative estimate of drug-likeness (QED) is 0.698. The minimum Gasteiger partial charge on any atom is -0.342 e. The van der Waals surface area contributed by atoms with E-state index in [9.17, 15) is 4.79 Å². The molecule has 0 aromatic rings. The molecule has 2 rings (SSSR count). The van der Waals surface area contributed by atoms with Crippen LogP contribution in [0.1, 0.15) is 46.5 Å². The van der Waals surface area contributed by atoms with Crippen molar-refractivity contribution in [2.45, 2.75) is 52.5 Å². The lowest BCUT2D eigenvalue weighted by molar-refractivity contribution is -0.141. The van der Waals surface area contributed by atoms with Gasteiger partial charge in [-0.3, -0.25) is 4.79 Å². The van der Waals surface area contributed by atoms with E-state index in [2.05, 4.69) is 9.80 Å². The van der Waals surface area contributed by atoms with Crippen molar-refractivity contribution in [2.24, 2.45) is 5.41 Å². The van der Waals surface area contributed by atoms with Crippen LogP contribution in [-0.4, -0.2) is 47.9 Å². The summed E-state index contributed by atoms with van der Waals surface area (Å²) in [7, 11) is 0. The summed E-state index contributed by atoms with van der Waals surface area (Å²) < 4.78 is 0. The van der Waals surface area contributed by atoms with Crippen LogP contribution in [0, 0.1) is 5.41 Å². The second kappa shape index (κ2) is 4.97. The molecule has 2 heterocycles. The van der Waals surface area contributed by atoms with Crippen LogP contribution in [0.2, 0.25) is 0 Å². The average Bonchev–Trinajstić information content (AvgIpc) is 2.80. The van der Waals surface area contributed by atoms with Crippen LogP contribution in [0.25, 0.3) is 0 Å². The first-order valence-electron chi connectivity index (χ1n) is 7.02. The van der Waals surface area contributed by atoms with E-state index in [1.165, 1.54) is 38.8 Å². The number of carbonyl (C=O) groups excluding carboxylic acids is 1. The first-order valence-corrected chi connectivity index (χ1v) is 7.02. The molecule has 2 saturated heterocycles. The van der Waals surface area contributed by atoms with Gasteiger partial charge in [0.1, 0.15) is 0 Å². The van der Waals surface area contributed by atoms with Crippen LogP contribution in [-0.2, 0) is 4.79 Å². The Kier molecular flexibility index (Phi) is 3.76. The van der Waals surface area contributed by atoms with E-state index in [1.54, 1.807) is 0 Å². The lowest BCUT2D eigenvalue weighted by Gasteiger charge is -2.39. The minimum absolute atomic E-state index is 0.222. The van der Waals surface area contributed by atoms with Gasteiger partial charge in [-0.2, -0.15) is 0 Å². The normalized spacial score (nSPS) is 24.3. The fourth-order valence-electron chi connectivity index (χ4n) is 3.02. The monoisotopic (exact) mass is 238 g/mol. The second-order valence-electron chi connectivity index (χ2n) is 6.52. The molecule has 0 bridgehead atoms. The predicted octanol–water partition coefficient (Wildman–Crippen LogP) is 2.12. The maximum Gasteiger partial charge on any atom is 0.227 e. The van der Waals surface area contributed by atoms with Crippen molar-refractivity contribution >= 4 is 5.91 Å². The highest BCUT2D eigenvalue weighted by Crippen LogP contribution is 2.24. The predicted molar refractivity (Wildman–Crippen MR) is 69.9 cm³/mol. The van der Waals surface area contributed by atoms with Gasteiger partial charge in [-0.15, -0.1) is 0 Å². The molecule has 3 heteroatoms. The second-order valence-corrected chi connectivity index (χ2v) is 6.52. The molecule has 0 aromatic carbocycles. The largest absolute Gasteiger partial charge is 0.342 e. The molecule has 2 aliphatic rings. The molecule has 0 unspecified atom stereocenters. The number of piperidine rings is 1. The first kappa shape index (κ1) is 12.9. The summed E-state index contributed by atoms with van der Waals surface area (Å²) >= 11 is 0. The van der Waals surface area contributed by atoms with Gasteiger partial charge in [0.05, 0.1) is 0 Å².